The molecule has 0 aromatic carbocycles. The summed E-state index contributed by atoms with van der Waals surface area (Å²) in [6.07, 6.45) is 16.3. The van der Waals surface area contributed by atoms with Gasteiger partial charge in [-0.15, -0.1) is 24.8 Å². The Bertz CT molecular complexity index is 820. The summed E-state index contributed by atoms with van der Waals surface area (Å²) < 4.78 is 2.39. The van der Waals surface area contributed by atoms with Crippen molar-refractivity contribution in [2.24, 2.45) is 16.3 Å². The van der Waals surface area contributed by atoms with Gasteiger partial charge in [0.25, 0.3) is 0 Å². The molecule has 0 N–H and O–H groups in total. The fraction of sp³-hybridized carbons (Fsp3) is 0.476. The van der Waals surface area contributed by atoms with Crippen LogP contribution in [0, 0.1) is 11.3 Å². The number of allylic oxidation sites excluding steroid dienone is 6. The van der Waals surface area contributed by atoms with E-state index in [1.165, 1.54) is 60.6 Å². The Kier molecular flexibility index (Phi) is 5.26. The van der Waals surface area contributed by atoms with E-state index >= 15 is 0 Å². The fourth-order valence-electron chi connectivity index (χ4n) is 4.82. The van der Waals surface area contributed by atoms with Crippen molar-refractivity contribution in [1.29, 1.82) is 0 Å². The fourth-order valence-corrected chi connectivity index (χ4v) is 4.82. The van der Waals surface area contributed by atoms with E-state index in [0.29, 0.717) is 11.3 Å². The molecule has 0 amide bonds. The minimum atomic E-state index is 0. The van der Waals surface area contributed by atoms with Crippen LogP contribution in [0.1, 0.15) is 37.4 Å². The predicted octanol–water partition coefficient (Wildman–Crippen LogP) is 4.83. The molecule has 140 valence electrons. The summed E-state index contributed by atoms with van der Waals surface area (Å²) in [5.41, 5.74) is 7.06. The monoisotopic (exact) mass is 391 g/mol. The second-order valence-corrected chi connectivity index (χ2v) is 8.07. The number of halogens is 2. The second kappa shape index (κ2) is 7.03. The molecule has 1 aromatic heterocycles. The van der Waals surface area contributed by atoms with Crippen LogP contribution in [0.4, 0.5) is 0 Å². The zero-order valence-corrected chi connectivity index (χ0v) is 17.1. The van der Waals surface area contributed by atoms with Crippen molar-refractivity contribution in [3.05, 3.63) is 47.4 Å². The van der Waals surface area contributed by atoms with Crippen LogP contribution < -0.4 is 0 Å². The zero-order chi connectivity index (χ0) is 16.3. The molecule has 1 atom stereocenters. The van der Waals surface area contributed by atoms with E-state index in [2.05, 4.69) is 60.1 Å². The molecule has 0 radical (unpaired) electrons. The molecule has 1 aromatic rings. The number of hydrogen-bond donors (Lipinski definition) is 0. The first-order chi connectivity index (χ1) is 11.7. The Hall–Kier alpha value is -1.29. The third kappa shape index (κ3) is 2.90. The Labute approximate surface area is 168 Å². The van der Waals surface area contributed by atoms with Gasteiger partial charge in [-0.2, -0.15) is 0 Å². The maximum absolute atomic E-state index is 4.94. The Morgan fingerprint density at radius 1 is 1.19 bits per heavy atom. The number of aromatic nitrogens is 1. The van der Waals surface area contributed by atoms with Crippen molar-refractivity contribution in [1.82, 2.24) is 9.47 Å². The molecule has 0 saturated carbocycles. The predicted molar refractivity (Wildman–Crippen MR) is 114 cm³/mol. The summed E-state index contributed by atoms with van der Waals surface area (Å²) in [5, 5.41) is 0. The van der Waals surface area contributed by atoms with Gasteiger partial charge in [0.1, 0.15) is 0 Å². The smallest absolute Gasteiger partial charge is 0.0674 e. The van der Waals surface area contributed by atoms with Gasteiger partial charge in [-0.05, 0) is 68.9 Å². The first-order valence-electron chi connectivity index (χ1n) is 9.22. The highest BCUT2D eigenvalue weighted by Crippen LogP contribution is 2.46. The highest BCUT2D eigenvalue weighted by atomic mass is 35.5. The van der Waals surface area contributed by atoms with E-state index < -0.39 is 0 Å². The summed E-state index contributed by atoms with van der Waals surface area (Å²) in [4.78, 5) is 7.39. The minimum Gasteiger partial charge on any atom is -0.314 e. The molecule has 26 heavy (non-hydrogen) atoms. The van der Waals surface area contributed by atoms with E-state index in [-0.39, 0.29) is 24.8 Å². The van der Waals surface area contributed by atoms with Gasteiger partial charge in [-0.25, -0.2) is 0 Å². The van der Waals surface area contributed by atoms with Crippen LogP contribution in [-0.4, -0.2) is 35.8 Å². The molecule has 0 bridgehead atoms. The molecule has 2 aliphatic heterocycles. The highest BCUT2D eigenvalue weighted by molar-refractivity contribution is 6.12. The normalized spacial score (nSPS) is 25.6. The number of hydrogen-bond acceptors (Lipinski definition) is 2. The minimum absolute atomic E-state index is 0. The largest absolute Gasteiger partial charge is 0.314 e. The van der Waals surface area contributed by atoms with Crippen LogP contribution in [0.3, 0.4) is 0 Å². The van der Waals surface area contributed by atoms with Crippen molar-refractivity contribution < 1.29 is 0 Å². The molecule has 5 heteroatoms. The highest BCUT2D eigenvalue weighted by Gasteiger charge is 2.38. The summed E-state index contributed by atoms with van der Waals surface area (Å²) in [7, 11) is 2.24. The Morgan fingerprint density at radius 2 is 1.96 bits per heavy atom. The van der Waals surface area contributed by atoms with Gasteiger partial charge in [-0.3, -0.25) is 4.99 Å². The maximum Gasteiger partial charge on any atom is 0.0674 e. The van der Waals surface area contributed by atoms with Crippen molar-refractivity contribution in [3.63, 3.8) is 0 Å². The van der Waals surface area contributed by atoms with Crippen LogP contribution in [-0.2, 0) is 6.42 Å². The van der Waals surface area contributed by atoms with Crippen LogP contribution in [0.15, 0.2) is 41.2 Å². The lowest BCUT2D eigenvalue weighted by atomic mass is 9.69. The molecule has 1 unspecified atom stereocenters. The topological polar surface area (TPSA) is 20.5 Å². The van der Waals surface area contributed by atoms with Gasteiger partial charge in [0.05, 0.1) is 17.1 Å². The van der Waals surface area contributed by atoms with Crippen LogP contribution in [0.25, 0.3) is 11.3 Å². The molecule has 1 fully saturated rings. The first-order valence-corrected chi connectivity index (χ1v) is 9.22. The SMILES string of the molecule is CC1CC=CC2=C1N=CC1=CC3(CCN(C)CC3)Cc3ccn2c31.Cl.Cl. The van der Waals surface area contributed by atoms with Crippen molar-refractivity contribution in [3.8, 4) is 0 Å². The third-order valence-electron chi connectivity index (χ3n) is 6.33. The molecular weight excluding hydrogens is 365 g/mol. The van der Waals surface area contributed by atoms with Crippen LogP contribution >= 0.6 is 24.8 Å². The first kappa shape index (κ1) is 19.5. The van der Waals surface area contributed by atoms with Gasteiger partial charge in [0.15, 0.2) is 0 Å². The summed E-state index contributed by atoms with van der Waals surface area (Å²) in [6.45, 7) is 4.68. The van der Waals surface area contributed by atoms with Crippen molar-refractivity contribution >= 4 is 42.3 Å². The number of nitrogens with zero attached hydrogens (tertiary/aromatic N) is 3. The van der Waals surface area contributed by atoms with Crippen molar-refractivity contribution in [2.75, 3.05) is 20.1 Å². The molecule has 5 rings (SSSR count). The lowest BCUT2D eigenvalue weighted by Crippen LogP contribution is -2.39. The number of piperidine rings is 1. The number of likely N-dealkylation sites (tertiary alicyclic amines) is 1. The van der Waals surface area contributed by atoms with Crippen LogP contribution in [0.5, 0.6) is 0 Å². The lowest BCUT2D eigenvalue weighted by Gasteiger charge is -2.41. The molecule has 1 spiro atoms. The number of fused-ring (bicyclic) bond motifs is 1. The van der Waals surface area contributed by atoms with Gasteiger partial charge in [0.2, 0.25) is 0 Å². The summed E-state index contributed by atoms with van der Waals surface area (Å²) in [6, 6.07) is 2.35. The zero-order valence-electron chi connectivity index (χ0n) is 15.4. The average Bonchev–Trinajstić information content (AvgIpc) is 2.92. The third-order valence-corrected chi connectivity index (χ3v) is 6.33. The maximum atomic E-state index is 4.94. The lowest BCUT2D eigenvalue weighted by molar-refractivity contribution is 0.163. The van der Waals surface area contributed by atoms with E-state index in [1.54, 1.807) is 0 Å². The van der Waals surface area contributed by atoms with Gasteiger partial charge in [0, 0.05) is 23.9 Å². The summed E-state index contributed by atoms with van der Waals surface area (Å²) in [5.74, 6) is 0.498. The Balaban J connectivity index is 0.000000980. The molecular formula is C21H27Cl2N3. The van der Waals surface area contributed by atoms with E-state index in [0.717, 1.165) is 6.42 Å². The molecule has 2 aliphatic carbocycles. The van der Waals surface area contributed by atoms with Crippen molar-refractivity contribution in [2.45, 2.75) is 32.6 Å². The molecule has 4 aliphatic rings. The van der Waals surface area contributed by atoms with Gasteiger partial charge >= 0.3 is 0 Å². The molecule has 3 heterocycles. The second-order valence-electron chi connectivity index (χ2n) is 8.07. The quantitative estimate of drug-likeness (QED) is 0.619. The van der Waals surface area contributed by atoms with Crippen LogP contribution in [0.2, 0.25) is 0 Å². The number of rotatable bonds is 0. The van der Waals surface area contributed by atoms with E-state index in [1.807, 2.05) is 0 Å². The molecule has 1 saturated heterocycles. The standard InChI is InChI=1S/C21H25N3.2ClH/c1-15-4-3-5-18-19(15)22-14-17-13-21(7-10-23(2)11-8-21)12-16-6-9-24(18)20(16)17;;/h3,5-6,9,13-15H,4,7-8,10-12H2,1-2H3;2*1H. The molecule has 3 nitrogen and oxygen atoms in total. The number of aliphatic imine (C=N–C) groups is 1. The van der Waals surface area contributed by atoms with Gasteiger partial charge < -0.3 is 9.47 Å². The summed E-state index contributed by atoms with van der Waals surface area (Å²) >= 11 is 0. The van der Waals surface area contributed by atoms with Gasteiger partial charge in [-0.1, -0.05) is 19.1 Å². The Morgan fingerprint density at radius 3 is 2.73 bits per heavy atom. The average molecular weight is 392 g/mol. The van der Waals surface area contributed by atoms with E-state index in [9.17, 15) is 0 Å². The van der Waals surface area contributed by atoms with E-state index in [4.69, 9.17) is 4.99 Å².